The molecule has 0 spiro atoms. The second-order valence-electron chi connectivity index (χ2n) is 4.85. The molecule has 2 bridgehead atoms. The molecule has 0 aromatic rings. The molecule has 0 aromatic carbocycles. The fourth-order valence-corrected chi connectivity index (χ4v) is 3.34. The van der Waals surface area contributed by atoms with Crippen LogP contribution in [-0.4, -0.2) is 5.24 Å². The monoisotopic (exact) mass is 186 g/mol. The number of carbonyl (C=O) groups excluding carboxylic acids is 1. The average Bonchev–Trinajstić information content (AvgIpc) is 2.04. The van der Waals surface area contributed by atoms with Crippen LogP contribution >= 0.6 is 11.6 Å². The SMILES string of the molecule is CC1(C)[C@H]2CC[C@H](C(=O)Cl)[C@@H]1C2. The van der Waals surface area contributed by atoms with Crippen LogP contribution in [-0.2, 0) is 4.79 Å². The molecule has 0 N–H and O–H groups in total. The third-order valence-corrected chi connectivity index (χ3v) is 4.43. The van der Waals surface area contributed by atoms with Gasteiger partial charge in [0.05, 0.1) is 0 Å². The highest BCUT2D eigenvalue weighted by Crippen LogP contribution is 2.61. The number of hydrogen-bond acceptors (Lipinski definition) is 1. The Morgan fingerprint density at radius 3 is 2.42 bits per heavy atom. The lowest BCUT2D eigenvalue weighted by Gasteiger charge is -2.59. The van der Waals surface area contributed by atoms with Crippen molar-refractivity contribution in [1.82, 2.24) is 0 Å². The number of halogens is 1. The molecule has 0 aliphatic heterocycles. The summed E-state index contributed by atoms with van der Waals surface area (Å²) in [6, 6.07) is 0. The lowest BCUT2D eigenvalue weighted by Crippen LogP contribution is -2.53. The van der Waals surface area contributed by atoms with Crippen molar-refractivity contribution >= 4 is 16.8 Å². The molecule has 0 aromatic heterocycles. The summed E-state index contributed by atoms with van der Waals surface area (Å²) in [4.78, 5) is 11.1. The lowest BCUT2D eigenvalue weighted by molar-refractivity contribution is -0.138. The van der Waals surface area contributed by atoms with Crippen LogP contribution in [0.5, 0.6) is 0 Å². The number of hydrogen-bond donors (Lipinski definition) is 0. The van der Waals surface area contributed by atoms with E-state index in [0.717, 1.165) is 12.3 Å². The maximum absolute atomic E-state index is 11.1. The number of carbonyl (C=O) groups is 1. The van der Waals surface area contributed by atoms with E-state index < -0.39 is 0 Å². The molecular weight excluding hydrogens is 172 g/mol. The highest BCUT2D eigenvalue weighted by molar-refractivity contribution is 6.64. The van der Waals surface area contributed by atoms with Gasteiger partial charge in [-0.05, 0) is 48.1 Å². The molecule has 0 radical (unpaired) electrons. The Kier molecular flexibility index (Phi) is 1.76. The molecule has 3 aliphatic rings. The fraction of sp³-hybridized carbons (Fsp3) is 0.900. The summed E-state index contributed by atoms with van der Waals surface area (Å²) in [5.41, 5.74) is 0.382. The standard InChI is InChI=1S/C10H15ClO/c1-10(2)6-3-4-7(9(11)12)8(10)5-6/h6-8H,3-5H2,1-2H3/t6-,7-,8-/m0/s1. The van der Waals surface area contributed by atoms with Crippen LogP contribution in [0.25, 0.3) is 0 Å². The molecule has 68 valence electrons. The van der Waals surface area contributed by atoms with Crippen LogP contribution in [0.3, 0.4) is 0 Å². The topological polar surface area (TPSA) is 17.1 Å². The first-order valence-corrected chi connectivity index (χ1v) is 5.10. The van der Waals surface area contributed by atoms with Crippen LogP contribution in [0.4, 0.5) is 0 Å². The molecule has 12 heavy (non-hydrogen) atoms. The van der Waals surface area contributed by atoms with E-state index in [1.54, 1.807) is 0 Å². The quantitative estimate of drug-likeness (QED) is 0.576. The summed E-state index contributed by atoms with van der Waals surface area (Å²) in [6.45, 7) is 4.55. The Morgan fingerprint density at radius 2 is 2.08 bits per heavy atom. The van der Waals surface area contributed by atoms with Crippen LogP contribution in [0.1, 0.15) is 33.1 Å². The molecule has 0 heterocycles. The van der Waals surface area contributed by atoms with Gasteiger partial charge >= 0.3 is 0 Å². The second-order valence-corrected chi connectivity index (χ2v) is 5.22. The zero-order valence-electron chi connectivity index (χ0n) is 7.64. The van der Waals surface area contributed by atoms with E-state index in [-0.39, 0.29) is 11.2 Å². The second kappa shape index (κ2) is 2.47. The Balaban J connectivity index is 2.16. The molecule has 0 unspecified atom stereocenters. The summed E-state index contributed by atoms with van der Waals surface area (Å²) in [7, 11) is 0. The Labute approximate surface area is 78.5 Å². The van der Waals surface area contributed by atoms with Gasteiger partial charge in [-0.15, -0.1) is 0 Å². The largest absolute Gasteiger partial charge is 0.281 e. The smallest absolute Gasteiger partial charge is 0.225 e. The van der Waals surface area contributed by atoms with E-state index in [9.17, 15) is 4.79 Å². The van der Waals surface area contributed by atoms with E-state index in [1.807, 2.05) is 0 Å². The maximum Gasteiger partial charge on any atom is 0.225 e. The number of fused-ring (bicyclic) bond motifs is 2. The van der Waals surface area contributed by atoms with Crippen molar-refractivity contribution in [2.24, 2.45) is 23.2 Å². The van der Waals surface area contributed by atoms with Crippen molar-refractivity contribution in [3.63, 3.8) is 0 Å². The Morgan fingerprint density at radius 1 is 1.42 bits per heavy atom. The van der Waals surface area contributed by atoms with Crippen LogP contribution < -0.4 is 0 Å². The van der Waals surface area contributed by atoms with Crippen molar-refractivity contribution in [1.29, 1.82) is 0 Å². The molecule has 0 saturated heterocycles. The summed E-state index contributed by atoms with van der Waals surface area (Å²) in [5, 5.41) is -0.105. The Bertz CT molecular complexity index is 220. The normalized spacial score (nSPS) is 43.4. The molecule has 0 amide bonds. The van der Waals surface area contributed by atoms with Crippen molar-refractivity contribution < 1.29 is 4.79 Å². The van der Waals surface area contributed by atoms with Crippen molar-refractivity contribution in [2.45, 2.75) is 33.1 Å². The number of rotatable bonds is 1. The third kappa shape index (κ3) is 0.953. The molecule has 3 atom stereocenters. The summed E-state index contributed by atoms with van der Waals surface area (Å²) in [5.74, 6) is 1.59. The third-order valence-electron chi connectivity index (χ3n) is 4.15. The zero-order valence-corrected chi connectivity index (χ0v) is 8.40. The van der Waals surface area contributed by atoms with Gasteiger partial charge in [-0.25, -0.2) is 0 Å². The Hall–Kier alpha value is -0.0400. The summed E-state index contributed by atoms with van der Waals surface area (Å²) < 4.78 is 0. The molecule has 2 heteroatoms. The van der Waals surface area contributed by atoms with E-state index in [2.05, 4.69) is 13.8 Å². The van der Waals surface area contributed by atoms with Gasteiger partial charge in [-0.2, -0.15) is 0 Å². The van der Waals surface area contributed by atoms with Gasteiger partial charge in [0.1, 0.15) is 0 Å². The summed E-state index contributed by atoms with van der Waals surface area (Å²) >= 11 is 5.56. The highest BCUT2D eigenvalue weighted by atomic mass is 35.5. The average molecular weight is 187 g/mol. The maximum atomic E-state index is 11.1. The van der Waals surface area contributed by atoms with Crippen LogP contribution in [0.15, 0.2) is 0 Å². The zero-order chi connectivity index (χ0) is 8.93. The predicted octanol–water partition coefficient (Wildman–Crippen LogP) is 2.82. The van der Waals surface area contributed by atoms with Gasteiger partial charge in [0.2, 0.25) is 5.24 Å². The molecule has 3 fully saturated rings. The van der Waals surface area contributed by atoms with Gasteiger partial charge in [0.15, 0.2) is 0 Å². The lowest BCUT2D eigenvalue weighted by atomic mass is 9.46. The van der Waals surface area contributed by atoms with Gasteiger partial charge in [0.25, 0.3) is 0 Å². The van der Waals surface area contributed by atoms with Crippen LogP contribution in [0.2, 0.25) is 0 Å². The fourth-order valence-electron chi connectivity index (χ4n) is 3.08. The van der Waals surface area contributed by atoms with Gasteiger partial charge < -0.3 is 0 Å². The molecule has 3 saturated carbocycles. The summed E-state index contributed by atoms with van der Waals surface area (Å²) in [6.07, 6.45) is 3.46. The van der Waals surface area contributed by atoms with Gasteiger partial charge in [-0.3, -0.25) is 4.79 Å². The van der Waals surface area contributed by atoms with E-state index in [4.69, 9.17) is 11.6 Å². The predicted molar refractivity (Wildman–Crippen MR) is 49.0 cm³/mol. The van der Waals surface area contributed by atoms with Gasteiger partial charge in [-0.1, -0.05) is 13.8 Å². The van der Waals surface area contributed by atoms with Crippen molar-refractivity contribution in [2.75, 3.05) is 0 Å². The first kappa shape index (κ1) is 8.55. The van der Waals surface area contributed by atoms with Gasteiger partial charge in [0, 0.05) is 5.92 Å². The minimum absolute atomic E-state index is 0.105. The van der Waals surface area contributed by atoms with Crippen molar-refractivity contribution in [3.05, 3.63) is 0 Å². The van der Waals surface area contributed by atoms with Crippen LogP contribution in [0, 0.1) is 23.2 Å². The van der Waals surface area contributed by atoms with E-state index >= 15 is 0 Å². The first-order chi connectivity index (χ1) is 5.53. The van der Waals surface area contributed by atoms with E-state index in [0.29, 0.717) is 11.3 Å². The molecule has 3 aliphatic carbocycles. The molecular formula is C10H15ClO. The van der Waals surface area contributed by atoms with Crippen molar-refractivity contribution in [3.8, 4) is 0 Å². The molecule has 3 rings (SSSR count). The minimum Gasteiger partial charge on any atom is -0.281 e. The first-order valence-electron chi connectivity index (χ1n) is 4.73. The van der Waals surface area contributed by atoms with E-state index in [1.165, 1.54) is 12.8 Å². The molecule has 1 nitrogen and oxygen atoms in total. The highest BCUT2D eigenvalue weighted by Gasteiger charge is 2.55. The minimum atomic E-state index is -0.105.